The first-order valence-electron chi connectivity index (χ1n) is 8.00. The van der Waals surface area contributed by atoms with Gasteiger partial charge in [0, 0.05) is 30.6 Å². The molecule has 0 aliphatic carbocycles. The molecule has 130 valence electrons. The zero-order valence-electron chi connectivity index (χ0n) is 14.1. The summed E-state index contributed by atoms with van der Waals surface area (Å²) in [6.07, 6.45) is 4.16. The maximum atomic E-state index is 13.3. The van der Waals surface area contributed by atoms with Crippen LogP contribution in [0.4, 0.5) is 15.8 Å². The minimum absolute atomic E-state index is 0.312. The van der Waals surface area contributed by atoms with Crippen molar-refractivity contribution in [3.05, 3.63) is 84.3 Å². The van der Waals surface area contributed by atoms with E-state index in [2.05, 4.69) is 4.98 Å². The van der Waals surface area contributed by atoms with Crippen molar-refractivity contribution in [2.45, 2.75) is 0 Å². The summed E-state index contributed by atoms with van der Waals surface area (Å²) in [5.41, 5.74) is 3.87. The van der Waals surface area contributed by atoms with Crippen LogP contribution in [0.3, 0.4) is 0 Å². The number of hydrogen-bond donors (Lipinski definition) is 1. The molecule has 0 bridgehead atoms. The molecule has 0 radical (unpaired) electrons. The second kappa shape index (κ2) is 7.61. The molecule has 5 heteroatoms. The molecular formula is C21H17FN2O2. The Morgan fingerprint density at radius 3 is 2.46 bits per heavy atom. The maximum absolute atomic E-state index is 13.3. The number of hydrogen-bond acceptors (Lipinski definition) is 3. The molecule has 4 nitrogen and oxygen atoms in total. The van der Waals surface area contributed by atoms with Gasteiger partial charge < -0.3 is 10.0 Å². The molecule has 2 aromatic carbocycles. The number of aliphatic carboxylic acids is 1. The lowest BCUT2D eigenvalue weighted by atomic mass is 10.1. The zero-order valence-corrected chi connectivity index (χ0v) is 14.1. The number of para-hydroxylation sites is 1. The van der Waals surface area contributed by atoms with Gasteiger partial charge in [-0.1, -0.05) is 18.2 Å². The Labute approximate surface area is 150 Å². The van der Waals surface area contributed by atoms with Crippen LogP contribution in [0.25, 0.3) is 17.3 Å². The molecule has 0 spiro atoms. The van der Waals surface area contributed by atoms with Gasteiger partial charge in [0.2, 0.25) is 0 Å². The fourth-order valence-electron chi connectivity index (χ4n) is 2.60. The van der Waals surface area contributed by atoms with Crippen molar-refractivity contribution in [2.75, 3.05) is 11.9 Å². The maximum Gasteiger partial charge on any atom is 0.328 e. The van der Waals surface area contributed by atoms with Crippen LogP contribution >= 0.6 is 0 Å². The molecule has 0 fully saturated rings. The standard InChI is InChI=1S/C21H17FN2O2/c1-24(18-5-3-2-4-6-18)19-13-15(7-12-20(25)26)14-23-21(19)16-8-10-17(22)11-9-16/h2-14H,1H3,(H,25,26)/b12-7+. The van der Waals surface area contributed by atoms with E-state index in [-0.39, 0.29) is 5.82 Å². The molecule has 0 amide bonds. The molecule has 3 aromatic rings. The third-order valence-electron chi connectivity index (χ3n) is 3.93. The molecule has 0 aliphatic heterocycles. The number of nitrogens with zero attached hydrogens (tertiary/aromatic N) is 2. The number of aromatic nitrogens is 1. The summed E-state index contributed by atoms with van der Waals surface area (Å²) in [4.78, 5) is 17.2. The first-order valence-corrected chi connectivity index (χ1v) is 8.00. The van der Waals surface area contributed by atoms with Gasteiger partial charge in [-0.05, 0) is 54.1 Å². The van der Waals surface area contributed by atoms with Crippen molar-refractivity contribution in [1.82, 2.24) is 4.98 Å². The van der Waals surface area contributed by atoms with Crippen LogP contribution in [0.15, 0.2) is 72.9 Å². The van der Waals surface area contributed by atoms with Crippen molar-refractivity contribution >= 4 is 23.4 Å². The highest BCUT2D eigenvalue weighted by atomic mass is 19.1. The van der Waals surface area contributed by atoms with Crippen molar-refractivity contribution < 1.29 is 14.3 Å². The predicted octanol–water partition coefficient (Wildman–Crippen LogP) is 4.75. The quantitative estimate of drug-likeness (QED) is 0.676. The molecule has 0 saturated heterocycles. The van der Waals surface area contributed by atoms with Crippen LogP contribution in [0.2, 0.25) is 0 Å². The van der Waals surface area contributed by atoms with Crippen LogP contribution in [0.1, 0.15) is 5.56 Å². The smallest absolute Gasteiger partial charge is 0.328 e. The van der Waals surface area contributed by atoms with Gasteiger partial charge in [-0.3, -0.25) is 4.98 Å². The van der Waals surface area contributed by atoms with Crippen LogP contribution < -0.4 is 4.90 Å². The van der Waals surface area contributed by atoms with E-state index in [1.54, 1.807) is 18.3 Å². The summed E-state index contributed by atoms with van der Waals surface area (Å²) < 4.78 is 13.3. The van der Waals surface area contributed by atoms with Crippen LogP contribution in [0.5, 0.6) is 0 Å². The minimum atomic E-state index is -1.02. The highest BCUT2D eigenvalue weighted by Crippen LogP contribution is 2.33. The van der Waals surface area contributed by atoms with E-state index >= 15 is 0 Å². The van der Waals surface area contributed by atoms with Gasteiger partial charge in [-0.15, -0.1) is 0 Å². The fraction of sp³-hybridized carbons (Fsp3) is 0.0476. The highest BCUT2D eigenvalue weighted by Gasteiger charge is 2.13. The van der Waals surface area contributed by atoms with Crippen LogP contribution in [0, 0.1) is 5.82 Å². The second-order valence-electron chi connectivity index (χ2n) is 5.71. The number of carboxylic acid groups (broad SMARTS) is 1. The van der Waals surface area contributed by atoms with Crippen molar-refractivity contribution in [1.29, 1.82) is 0 Å². The number of benzene rings is 2. The van der Waals surface area contributed by atoms with E-state index in [9.17, 15) is 9.18 Å². The Morgan fingerprint density at radius 2 is 1.81 bits per heavy atom. The lowest BCUT2D eigenvalue weighted by molar-refractivity contribution is -0.131. The topological polar surface area (TPSA) is 53.4 Å². The molecule has 0 aliphatic rings. The van der Waals surface area contributed by atoms with Crippen molar-refractivity contribution in [2.24, 2.45) is 0 Å². The molecule has 0 atom stereocenters. The second-order valence-corrected chi connectivity index (χ2v) is 5.71. The van der Waals surface area contributed by atoms with E-state index in [1.807, 2.05) is 48.3 Å². The molecule has 3 rings (SSSR count). The highest BCUT2D eigenvalue weighted by molar-refractivity contribution is 5.86. The Kier molecular flexibility index (Phi) is 5.08. The Balaban J connectivity index is 2.11. The average Bonchev–Trinajstić information content (AvgIpc) is 2.67. The molecule has 0 unspecified atom stereocenters. The Morgan fingerprint density at radius 1 is 1.12 bits per heavy atom. The average molecular weight is 348 g/mol. The Hall–Kier alpha value is -3.47. The number of anilines is 2. The molecule has 1 heterocycles. The van der Waals surface area contributed by atoms with Gasteiger partial charge in [0.15, 0.2) is 0 Å². The van der Waals surface area contributed by atoms with Gasteiger partial charge >= 0.3 is 5.97 Å². The third kappa shape index (κ3) is 3.95. The summed E-state index contributed by atoms with van der Waals surface area (Å²) >= 11 is 0. The van der Waals surface area contributed by atoms with Gasteiger partial charge in [-0.2, -0.15) is 0 Å². The number of rotatable bonds is 5. The van der Waals surface area contributed by atoms with Gasteiger partial charge in [-0.25, -0.2) is 9.18 Å². The first kappa shape index (κ1) is 17.4. The lowest BCUT2D eigenvalue weighted by Crippen LogP contribution is -2.11. The largest absolute Gasteiger partial charge is 0.478 e. The molecule has 1 N–H and O–H groups in total. The predicted molar refractivity (Wildman–Crippen MR) is 101 cm³/mol. The van der Waals surface area contributed by atoms with Gasteiger partial charge in [0.05, 0.1) is 11.4 Å². The third-order valence-corrected chi connectivity index (χ3v) is 3.93. The zero-order chi connectivity index (χ0) is 18.5. The molecule has 1 aromatic heterocycles. The normalized spacial score (nSPS) is 10.8. The Bertz CT molecular complexity index is 938. The van der Waals surface area contributed by atoms with Crippen molar-refractivity contribution in [3.63, 3.8) is 0 Å². The summed E-state index contributed by atoms with van der Waals surface area (Å²) in [5, 5.41) is 8.84. The number of pyridine rings is 1. The lowest BCUT2D eigenvalue weighted by Gasteiger charge is -2.22. The monoisotopic (exact) mass is 348 g/mol. The SMILES string of the molecule is CN(c1ccccc1)c1cc(/C=C/C(=O)O)cnc1-c1ccc(F)cc1. The van der Waals surface area contributed by atoms with Crippen LogP contribution in [-0.4, -0.2) is 23.1 Å². The molecule has 26 heavy (non-hydrogen) atoms. The summed E-state index contributed by atoms with van der Waals surface area (Å²) in [5.74, 6) is -1.33. The van der Waals surface area contributed by atoms with Crippen LogP contribution in [-0.2, 0) is 4.79 Å². The summed E-state index contributed by atoms with van der Waals surface area (Å²) in [6, 6.07) is 17.7. The number of halogens is 1. The van der Waals surface area contributed by atoms with E-state index in [4.69, 9.17) is 5.11 Å². The summed E-state index contributed by atoms with van der Waals surface area (Å²) in [6.45, 7) is 0. The van der Waals surface area contributed by atoms with E-state index in [1.165, 1.54) is 18.2 Å². The fourth-order valence-corrected chi connectivity index (χ4v) is 2.60. The summed E-state index contributed by atoms with van der Waals surface area (Å²) in [7, 11) is 1.91. The van der Waals surface area contributed by atoms with Gasteiger partial charge in [0.1, 0.15) is 5.82 Å². The molecular weight excluding hydrogens is 331 g/mol. The molecule has 0 saturated carbocycles. The van der Waals surface area contributed by atoms with E-state index in [0.29, 0.717) is 11.3 Å². The number of carbonyl (C=O) groups is 1. The van der Waals surface area contributed by atoms with E-state index in [0.717, 1.165) is 23.0 Å². The van der Waals surface area contributed by atoms with E-state index < -0.39 is 5.97 Å². The van der Waals surface area contributed by atoms with Gasteiger partial charge in [0.25, 0.3) is 0 Å². The van der Waals surface area contributed by atoms with Crippen molar-refractivity contribution in [3.8, 4) is 11.3 Å². The number of carboxylic acids is 1. The minimum Gasteiger partial charge on any atom is -0.478 e. The first-order chi connectivity index (χ1) is 12.5.